The van der Waals surface area contributed by atoms with Gasteiger partial charge in [-0.1, -0.05) is 12.2 Å². The van der Waals surface area contributed by atoms with Gasteiger partial charge in [0.05, 0.1) is 11.5 Å². The fourth-order valence-electron chi connectivity index (χ4n) is 2.64. The number of nitro groups is 1. The zero-order chi connectivity index (χ0) is 17.5. The van der Waals surface area contributed by atoms with Gasteiger partial charge in [0.1, 0.15) is 10.8 Å². The minimum absolute atomic E-state index is 0.0898. The first kappa shape index (κ1) is 17.8. The van der Waals surface area contributed by atoms with Crippen LogP contribution in [0.4, 0.5) is 5.69 Å². The second-order valence-corrected chi connectivity index (χ2v) is 10.7. The lowest BCUT2D eigenvalue weighted by molar-refractivity contribution is -0.385. The van der Waals surface area contributed by atoms with E-state index in [1.165, 1.54) is 12.8 Å². The summed E-state index contributed by atoms with van der Waals surface area (Å²) in [5.41, 5.74) is 0.986. The van der Waals surface area contributed by atoms with Gasteiger partial charge in [-0.3, -0.25) is 10.1 Å². The van der Waals surface area contributed by atoms with E-state index in [0.29, 0.717) is 11.8 Å². The topological polar surface area (TPSA) is 69.4 Å². The summed E-state index contributed by atoms with van der Waals surface area (Å²) in [6.07, 6.45) is 6.40. The van der Waals surface area contributed by atoms with E-state index >= 15 is 0 Å². The van der Waals surface area contributed by atoms with Crippen LogP contribution in [0.25, 0.3) is 0 Å². The lowest BCUT2D eigenvalue weighted by atomic mass is 10.1. The number of rotatable bonds is 5. The summed E-state index contributed by atoms with van der Waals surface area (Å²) in [6.45, 7) is 6.45. The fraction of sp³-hybridized carbons (Fsp3) is 0.529. The minimum Gasteiger partial charge on any atom is -0.597 e. The molecule has 0 bridgehead atoms. The highest BCUT2D eigenvalue weighted by atomic mass is 32.2. The Balaban J connectivity index is 1.96. The van der Waals surface area contributed by atoms with Crippen LogP contribution in [0.2, 0.25) is 0 Å². The molecule has 24 heavy (non-hydrogen) atoms. The Morgan fingerprint density at radius 2 is 2.04 bits per heavy atom. The van der Waals surface area contributed by atoms with Gasteiger partial charge in [-0.25, -0.2) is 0 Å². The predicted molar refractivity (Wildman–Crippen MR) is 98.5 cm³/mol. The van der Waals surface area contributed by atoms with E-state index in [1.807, 2.05) is 43.3 Å². The Morgan fingerprint density at radius 1 is 1.33 bits per heavy atom. The van der Waals surface area contributed by atoms with Crippen LogP contribution in [0.1, 0.15) is 45.2 Å². The number of nitrogens with zero attached hydrogens (tertiary/aromatic N) is 2. The van der Waals surface area contributed by atoms with E-state index in [1.54, 1.807) is 23.9 Å². The number of non-ortho nitro benzene ring substituents is 1. The van der Waals surface area contributed by atoms with Gasteiger partial charge in [0, 0.05) is 33.6 Å². The summed E-state index contributed by atoms with van der Waals surface area (Å²) in [7, 11) is 0. The second-order valence-electron chi connectivity index (χ2n) is 7.13. The number of benzene rings is 1. The molecule has 2 atom stereocenters. The van der Waals surface area contributed by atoms with Crippen molar-refractivity contribution in [1.29, 1.82) is 0 Å². The Morgan fingerprint density at radius 3 is 2.62 bits per heavy atom. The van der Waals surface area contributed by atoms with Crippen LogP contribution in [0.5, 0.6) is 0 Å². The smallest absolute Gasteiger partial charge is 0.269 e. The summed E-state index contributed by atoms with van der Waals surface area (Å²) >= 11 is 0.608. The van der Waals surface area contributed by atoms with Gasteiger partial charge in [-0.15, -0.1) is 16.1 Å². The summed E-state index contributed by atoms with van der Waals surface area (Å²) in [6, 6.07) is 4.89. The Labute approximate surface area is 150 Å². The molecule has 1 fully saturated rings. The molecule has 0 N–H and O–H groups in total. The third-order valence-electron chi connectivity index (χ3n) is 3.99. The molecule has 1 saturated carbocycles. The van der Waals surface area contributed by atoms with Gasteiger partial charge in [-0.05, 0) is 45.2 Å². The number of thioether (sulfide) groups is 1. The van der Waals surface area contributed by atoms with Crippen LogP contribution in [-0.2, 0) is 11.4 Å². The zero-order valence-corrected chi connectivity index (χ0v) is 15.7. The molecule has 0 aromatic heterocycles. The molecule has 5 nitrogen and oxygen atoms in total. The van der Waals surface area contributed by atoms with Crippen LogP contribution < -0.4 is 0 Å². The van der Waals surface area contributed by atoms with Crippen LogP contribution in [0.3, 0.4) is 0 Å². The van der Waals surface area contributed by atoms with Crippen molar-refractivity contribution in [2.75, 3.05) is 6.54 Å². The van der Waals surface area contributed by atoms with E-state index < -0.39 is 11.4 Å². The second kappa shape index (κ2) is 6.71. The molecule has 130 valence electrons. The Kier molecular flexibility index (Phi) is 4.97. The average Bonchev–Trinajstić information content (AvgIpc) is 3.19. The van der Waals surface area contributed by atoms with Crippen molar-refractivity contribution in [2.24, 2.45) is 0 Å². The normalized spacial score (nSPS) is 22.8. The minimum atomic E-state index is -1.17. The molecule has 1 aliphatic carbocycles. The van der Waals surface area contributed by atoms with Crippen LogP contribution in [0.15, 0.2) is 35.2 Å². The van der Waals surface area contributed by atoms with Crippen molar-refractivity contribution in [3.63, 3.8) is 0 Å². The van der Waals surface area contributed by atoms with E-state index in [0.717, 1.165) is 10.5 Å². The quantitative estimate of drug-likeness (QED) is 0.338. The van der Waals surface area contributed by atoms with E-state index in [2.05, 4.69) is 0 Å². The van der Waals surface area contributed by atoms with Crippen LogP contribution in [-0.4, -0.2) is 30.3 Å². The van der Waals surface area contributed by atoms with Crippen molar-refractivity contribution in [2.45, 2.75) is 54.5 Å². The van der Waals surface area contributed by atoms with Crippen molar-refractivity contribution < 1.29 is 9.48 Å². The molecule has 1 heterocycles. The molecule has 3 rings (SSSR count). The highest BCUT2D eigenvalue weighted by Gasteiger charge is 2.40. The molecule has 1 aromatic rings. The molecule has 0 amide bonds. The maximum Gasteiger partial charge on any atom is 0.269 e. The predicted octanol–water partition coefficient (Wildman–Crippen LogP) is 4.22. The van der Waals surface area contributed by atoms with E-state index in [4.69, 9.17) is 0 Å². The van der Waals surface area contributed by atoms with Crippen LogP contribution >= 0.6 is 11.8 Å². The van der Waals surface area contributed by atoms with Crippen molar-refractivity contribution in [1.82, 2.24) is 4.31 Å². The molecule has 0 saturated heterocycles. The highest BCUT2D eigenvalue weighted by molar-refractivity contribution is 8.00. The number of hydrogen-bond acceptors (Lipinski definition) is 5. The number of hydrogen-bond donors (Lipinski definition) is 0. The Hall–Kier alpha value is -1.02. The molecule has 2 aliphatic rings. The van der Waals surface area contributed by atoms with Gasteiger partial charge in [0.2, 0.25) is 0 Å². The van der Waals surface area contributed by atoms with E-state index in [9.17, 15) is 14.7 Å². The van der Waals surface area contributed by atoms with Gasteiger partial charge in [0.15, 0.2) is 0 Å². The molecule has 0 radical (unpaired) electrons. The van der Waals surface area contributed by atoms with Crippen molar-refractivity contribution in [3.05, 3.63) is 46.0 Å². The summed E-state index contributed by atoms with van der Waals surface area (Å²) in [4.78, 5) is 11.9. The lowest BCUT2D eigenvalue weighted by Crippen LogP contribution is -2.42. The Bertz CT molecular complexity index is 668. The SMILES string of the molecule is CC(C)(C)[S+]([O-])N1CC=C[C@H]1c1cc([N+](=O)[O-])ccc1SC1CC1. The third-order valence-corrected chi connectivity index (χ3v) is 7.27. The molecule has 1 aliphatic heterocycles. The maximum atomic E-state index is 12.9. The average molecular weight is 367 g/mol. The molecule has 7 heteroatoms. The molecular formula is C17H22N2O3S2. The van der Waals surface area contributed by atoms with Crippen molar-refractivity contribution >= 4 is 28.8 Å². The molecular weight excluding hydrogens is 344 g/mol. The fourth-order valence-corrected chi connectivity index (χ4v) is 5.15. The highest BCUT2D eigenvalue weighted by Crippen LogP contribution is 2.45. The van der Waals surface area contributed by atoms with Gasteiger partial charge in [0.25, 0.3) is 5.69 Å². The largest absolute Gasteiger partial charge is 0.597 e. The van der Waals surface area contributed by atoms with Gasteiger partial charge >= 0.3 is 0 Å². The number of nitro benzene ring substituents is 1. The van der Waals surface area contributed by atoms with Gasteiger partial charge in [-0.2, -0.15) is 0 Å². The first-order valence-electron chi connectivity index (χ1n) is 8.07. The van der Waals surface area contributed by atoms with Crippen molar-refractivity contribution in [3.8, 4) is 0 Å². The third kappa shape index (κ3) is 3.79. The maximum absolute atomic E-state index is 12.9. The molecule has 1 aromatic carbocycles. The summed E-state index contributed by atoms with van der Waals surface area (Å²) < 4.78 is 14.4. The monoisotopic (exact) mass is 366 g/mol. The summed E-state index contributed by atoms with van der Waals surface area (Å²) in [5, 5.41) is 11.8. The first-order valence-corrected chi connectivity index (χ1v) is 10.1. The lowest BCUT2D eigenvalue weighted by Gasteiger charge is -2.34. The van der Waals surface area contributed by atoms with Gasteiger partial charge < -0.3 is 4.55 Å². The standard InChI is InChI=1S/C17H22N2O3S2/c1-17(2,3)24(22)18-10-4-5-15(18)14-11-12(19(20)21)6-9-16(14)23-13-7-8-13/h4-6,9,11,13,15H,7-8,10H2,1-3H3/t15-,24?/m0/s1. The van der Waals surface area contributed by atoms with E-state index in [-0.39, 0.29) is 21.4 Å². The molecule has 1 unspecified atom stereocenters. The molecule has 0 spiro atoms. The summed E-state index contributed by atoms with van der Waals surface area (Å²) in [5.74, 6) is 0. The van der Waals surface area contributed by atoms with Crippen LogP contribution in [0, 0.1) is 10.1 Å². The first-order chi connectivity index (χ1) is 11.3. The zero-order valence-electron chi connectivity index (χ0n) is 14.1.